The maximum Gasteiger partial charge on any atom is 0.343 e. The lowest BCUT2D eigenvalue weighted by atomic mass is 10.0. The number of allylic oxidation sites excluding steroid dienone is 2. The lowest BCUT2D eigenvalue weighted by molar-refractivity contribution is -0.384. The second kappa shape index (κ2) is 12.6. The molecule has 3 aromatic rings. The standard InChI is InChI=1S/C28H24BrNO6/c1-3-5-12-23-24(27(31)35-18-19-10-7-6-8-11-19)15-16-25(29)26(23)36-28(32)22-14-13-21(30(33)34)17-20(22)9-4-2/h3-4,6-8,10-11,13-17H,1-2,5,9,12,18H2. The first-order valence-electron chi connectivity index (χ1n) is 11.1. The molecule has 0 amide bonds. The van der Waals surface area contributed by atoms with Crippen molar-refractivity contribution in [3.8, 4) is 5.75 Å². The molecule has 3 rings (SSSR count). The fourth-order valence-corrected chi connectivity index (χ4v) is 4.01. The fraction of sp³-hybridized carbons (Fsp3) is 0.143. The van der Waals surface area contributed by atoms with Gasteiger partial charge in [-0.2, -0.15) is 0 Å². The highest BCUT2D eigenvalue weighted by Gasteiger charge is 2.24. The van der Waals surface area contributed by atoms with Crippen LogP contribution in [0.25, 0.3) is 0 Å². The Morgan fingerprint density at radius 2 is 1.69 bits per heavy atom. The molecule has 7 nitrogen and oxygen atoms in total. The van der Waals surface area contributed by atoms with Gasteiger partial charge in [-0.3, -0.25) is 10.1 Å². The Balaban J connectivity index is 1.95. The molecule has 0 saturated carbocycles. The van der Waals surface area contributed by atoms with E-state index in [2.05, 4.69) is 29.1 Å². The van der Waals surface area contributed by atoms with Crippen molar-refractivity contribution in [2.75, 3.05) is 0 Å². The number of hydrogen-bond acceptors (Lipinski definition) is 6. The summed E-state index contributed by atoms with van der Waals surface area (Å²) in [6, 6.07) is 16.4. The zero-order chi connectivity index (χ0) is 26.1. The first-order chi connectivity index (χ1) is 17.3. The molecule has 184 valence electrons. The van der Waals surface area contributed by atoms with Crippen LogP contribution in [0.5, 0.6) is 5.75 Å². The normalized spacial score (nSPS) is 10.4. The number of carbonyl (C=O) groups excluding carboxylic acids is 2. The van der Waals surface area contributed by atoms with Crippen LogP contribution in [0.1, 0.15) is 43.8 Å². The van der Waals surface area contributed by atoms with Crippen molar-refractivity contribution in [1.82, 2.24) is 0 Å². The number of esters is 2. The molecule has 0 atom stereocenters. The van der Waals surface area contributed by atoms with E-state index in [4.69, 9.17) is 9.47 Å². The van der Waals surface area contributed by atoms with E-state index >= 15 is 0 Å². The van der Waals surface area contributed by atoms with Crippen LogP contribution in [-0.2, 0) is 24.2 Å². The minimum absolute atomic E-state index is 0.0967. The lowest BCUT2D eigenvalue weighted by Crippen LogP contribution is -2.15. The van der Waals surface area contributed by atoms with Gasteiger partial charge in [-0.25, -0.2) is 9.59 Å². The smallest absolute Gasteiger partial charge is 0.343 e. The van der Waals surface area contributed by atoms with Crippen LogP contribution in [0, 0.1) is 10.1 Å². The number of benzene rings is 3. The van der Waals surface area contributed by atoms with Crippen LogP contribution < -0.4 is 4.74 Å². The van der Waals surface area contributed by atoms with Gasteiger partial charge in [0.15, 0.2) is 0 Å². The molecule has 0 aliphatic rings. The van der Waals surface area contributed by atoms with E-state index in [-0.39, 0.29) is 35.6 Å². The van der Waals surface area contributed by atoms with Crippen LogP contribution >= 0.6 is 15.9 Å². The predicted molar refractivity (Wildman–Crippen MR) is 140 cm³/mol. The molecule has 3 aromatic carbocycles. The Bertz CT molecular complexity index is 1300. The fourth-order valence-electron chi connectivity index (χ4n) is 3.56. The second-order valence-corrected chi connectivity index (χ2v) is 8.63. The zero-order valence-electron chi connectivity index (χ0n) is 19.4. The summed E-state index contributed by atoms with van der Waals surface area (Å²) in [5.74, 6) is -1.08. The number of halogens is 1. The van der Waals surface area contributed by atoms with Gasteiger partial charge in [0.2, 0.25) is 0 Å². The summed E-state index contributed by atoms with van der Waals surface area (Å²) in [7, 11) is 0. The Hall–Kier alpha value is -4.04. The average Bonchev–Trinajstić information content (AvgIpc) is 2.88. The first kappa shape index (κ1) is 26.6. The van der Waals surface area contributed by atoms with Gasteiger partial charge in [-0.05, 0) is 64.5 Å². The largest absolute Gasteiger partial charge is 0.457 e. The quantitative estimate of drug-likeness (QED) is 0.0859. The monoisotopic (exact) mass is 549 g/mol. The number of nitro benzene ring substituents is 1. The Labute approximate surface area is 217 Å². The molecule has 0 fully saturated rings. The van der Waals surface area contributed by atoms with Gasteiger partial charge in [0.05, 0.1) is 20.5 Å². The number of carbonyl (C=O) groups is 2. The number of rotatable bonds is 11. The van der Waals surface area contributed by atoms with E-state index in [9.17, 15) is 19.7 Å². The van der Waals surface area contributed by atoms with Crippen molar-refractivity contribution in [3.63, 3.8) is 0 Å². The van der Waals surface area contributed by atoms with E-state index in [0.29, 0.717) is 28.4 Å². The average molecular weight is 550 g/mol. The highest BCUT2D eigenvalue weighted by Crippen LogP contribution is 2.34. The summed E-state index contributed by atoms with van der Waals surface area (Å²) in [4.78, 5) is 36.8. The third-order valence-corrected chi connectivity index (χ3v) is 5.95. The molecule has 0 aliphatic heterocycles. The summed E-state index contributed by atoms with van der Waals surface area (Å²) in [6.07, 6.45) is 4.39. The van der Waals surface area contributed by atoms with E-state index < -0.39 is 16.9 Å². The summed E-state index contributed by atoms with van der Waals surface area (Å²) in [6.45, 7) is 7.49. The predicted octanol–water partition coefficient (Wildman–Crippen LogP) is 6.78. The molecule has 0 spiro atoms. The number of non-ortho nitro benzene ring substituents is 1. The molecular formula is C28H24BrNO6. The number of nitro groups is 1. The van der Waals surface area contributed by atoms with Crippen molar-refractivity contribution < 1.29 is 24.0 Å². The molecule has 8 heteroatoms. The lowest BCUT2D eigenvalue weighted by Gasteiger charge is -2.16. The number of ether oxygens (including phenoxy) is 2. The van der Waals surface area contributed by atoms with Crippen LogP contribution in [0.4, 0.5) is 5.69 Å². The highest BCUT2D eigenvalue weighted by atomic mass is 79.9. The summed E-state index contributed by atoms with van der Waals surface area (Å²) in [5.41, 5.74) is 2.04. The third kappa shape index (κ3) is 6.55. The topological polar surface area (TPSA) is 95.7 Å². The summed E-state index contributed by atoms with van der Waals surface area (Å²) >= 11 is 3.42. The second-order valence-electron chi connectivity index (χ2n) is 7.77. The van der Waals surface area contributed by atoms with Crippen molar-refractivity contribution in [2.45, 2.75) is 25.9 Å². The van der Waals surface area contributed by atoms with Gasteiger partial charge in [0.1, 0.15) is 12.4 Å². The van der Waals surface area contributed by atoms with E-state index in [1.165, 1.54) is 18.2 Å². The van der Waals surface area contributed by atoms with Gasteiger partial charge in [0, 0.05) is 17.7 Å². The maximum atomic E-state index is 13.2. The highest BCUT2D eigenvalue weighted by molar-refractivity contribution is 9.10. The Morgan fingerprint density at radius 3 is 2.36 bits per heavy atom. The molecule has 0 N–H and O–H groups in total. The van der Waals surface area contributed by atoms with Gasteiger partial charge in [-0.1, -0.05) is 42.5 Å². The van der Waals surface area contributed by atoms with Gasteiger partial charge >= 0.3 is 11.9 Å². The minimum atomic E-state index is -0.711. The van der Waals surface area contributed by atoms with E-state index in [1.54, 1.807) is 24.3 Å². The molecule has 0 aromatic heterocycles. The minimum Gasteiger partial charge on any atom is -0.457 e. The zero-order valence-corrected chi connectivity index (χ0v) is 21.0. The molecule has 0 unspecified atom stereocenters. The van der Waals surface area contributed by atoms with Gasteiger partial charge < -0.3 is 9.47 Å². The van der Waals surface area contributed by atoms with Crippen LogP contribution in [0.3, 0.4) is 0 Å². The molecule has 0 saturated heterocycles. The Kier molecular flexibility index (Phi) is 9.30. The SMILES string of the molecule is C=CCCc1c(C(=O)OCc2ccccc2)ccc(Br)c1OC(=O)c1ccc([N+](=O)[O-])cc1CC=C. The van der Waals surface area contributed by atoms with E-state index in [1.807, 2.05) is 30.3 Å². The van der Waals surface area contributed by atoms with E-state index in [0.717, 1.165) is 5.56 Å². The van der Waals surface area contributed by atoms with Crippen molar-refractivity contribution >= 4 is 33.6 Å². The van der Waals surface area contributed by atoms with Crippen molar-refractivity contribution in [2.24, 2.45) is 0 Å². The number of hydrogen-bond donors (Lipinski definition) is 0. The third-order valence-electron chi connectivity index (χ3n) is 5.32. The van der Waals surface area contributed by atoms with Crippen LogP contribution in [-0.4, -0.2) is 16.9 Å². The van der Waals surface area contributed by atoms with Crippen LogP contribution in [0.2, 0.25) is 0 Å². The molecular weight excluding hydrogens is 526 g/mol. The Morgan fingerprint density at radius 1 is 0.972 bits per heavy atom. The number of nitrogens with zero attached hydrogens (tertiary/aromatic N) is 1. The van der Waals surface area contributed by atoms with Crippen molar-refractivity contribution in [3.05, 3.63) is 128 Å². The molecule has 36 heavy (non-hydrogen) atoms. The van der Waals surface area contributed by atoms with Crippen LogP contribution in [0.15, 0.2) is 90.4 Å². The van der Waals surface area contributed by atoms with Gasteiger partial charge in [0.25, 0.3) is 5.69 Å². The molecule has 0 aliphatic carbocycles. The first-order valence-corrected chi connectivity index (χ1v) is 11.9. The summed E-state index contributed by atoms with van der Waals surface area (Å²) in [5, 5.41) is 11.2. The maximum absolute atomic E-state index is 13.2. The molecule has 0 heterocycles. The van der Waals surface area contributed by atoms with Gasteiger partial charge in [-0.15, -0.1) is 13.2 Å². The van der Waals surface area contributed by atoms with Crippen molar-refractivity contribution in [1.29, 1.82) is 0 Å². The molecule has 0 bridgehead atoms. The summed E-state index contributed by atoms with van der Waals surface area (Å²) < 4.78 is 11.8. The molecule has 0 radical (unpaired) electrons.